The van der Waals surface area contributed by atoms with Gasteiger partial charge in [0.25, 0.3) is 0 Å². The maximum absolute atomic E-state index is 12.4. The molecule has 0 unspecified atom stereocenters. The first-order valence-electron chi connectivity index (χ1n) is 9.15. The predicted octanol–water partition coefficient (Wildman–Crippen LogP) is 2.68. The number of likely N-dealkylation sites (tertiary alicyclic amines) is 1. The summed E-state index contributed by atoms with van der Waals surface area (Å²) in [7, 11) is 1.66. The van der Waals surface area contributed by atoms with Gasteiger partial charge in [-0.05, 0) is 31.0 Å². The van der Waals surface area contributed by atoms with Crippen LogP contribution >= 0.6 is 0 Å². The van der Waals surface area contributed by atoms with Crippen LogP contribution in [-0.4, -0.2) is 58.8 Å². The first-order valence-corrected chi connectivity index (χ1v) is 9.15. The Morgan fingerprint density at radius 1 is 1.44 bits per heavy atom. The fourth-order valence-electron chi connectivity index (χ4n) is 3.53. The van der Waals surface area contributed by atoms with Crippen molar-refractivity contribution >= 4 is 17.2 Å². The predicted molar refractivity (Wildman–Crippen MR) is 100 cm³/mol. The van der Waals surface area contributed by atoms with Crippen LogP contribution < -0.4 is 5.32 Å². The Bertz CT molecular complexity index is 905. The fourth-order valence-corrected chi connectivity index (χ4v) is 3.53. The van der Waals surface area contributed by atoms with Crippen molar-refractivity contribution in [2.24, 2.45) is 0 Å². The van der Waals surface area contributed by atoms with Crippen LogP contribution in [0.4, 0.5) is 4.79 Å². The molecule has 0 aromatic carbocycles. The second-order valence-electron chi connectivity index (χ2n) is 6.63. The van der Waals surface area contributed by atoms with Crippen molar-refractivity contribution in [3.63, 3.8) is 0 Å². The number of hydrogen-bond donors (Lipinski definition) is 1. The maximum Gasteiger partial charge on any atom is 0.317 e. The number of pyridine rings is 1. The zero-order chi connectivity index (χ0) is 18.6. The molecule has 0 saturated carbocycles. The Morgan fingerprint density at radius 2 is 2.37 bits per heavy atom. The molecule has 4 rings (SSSR count). The molecule has 1 N–H and O–H groups in total. The van der Waals surface area contributed by atoms with E-state index in [4.69, 9.17) is 14.1 Å². The minimum absolute atomic E-state index is 0.0316. The van der Waals surface area contributed by atoms with E-state index < -0.39 is 0 Å². The number of ether oxygens (including phenoxy) is 1. The molecule has 1 aliphatic heterocycles. The minimum Gasteiger partial charge on any atom is -0.472 e. The highest BCUT2D eigenvalue weighted by atomic mass is 16.5. The van der Waals surface area contributed by atoms with Crippen molar-refractivity contribution in [3.05, 3.63) is 36.9 Å². The fraction of sp³-hybridized carbons (Fsp3) is 0.421. The van der Waals surface area contributed by atoms with E-state index in [1.54, 1.807) is 25.8 Å². The van der Waals surface area contributed by atoms with E-state index in [1.165, 1.54) is 0 Å². The van der Waals surface area contributed by atoms with Crippen molar-refractivity contribution in [1.82, 2.24) is 24.8 Å². The van der Waals surface area contributed by atoms with Gasteiger partial charge >= 0.3 is 6.03 Å². The number of hydrogen-bond acceptors (Lipinski definition) is 5. The number of methoxy groups -OCH3 is 1. The minimum atomic E-state index is -0.0316. The van der Waals surface area contributed by atoms with Gasteiger partial charge in [-0.2, -0.15) is 0 Å². The summed E-state index contributed by atoms with van der Waals surface area (Å²) in [5, 5.41) is 2.96. The Kier molecular flexibility index (Phi) is 5.06. The third kappa shape index (κ3) is 3.52. The molecule has 0 radical (unpaired) electrons. The first-order chi connectivity index (χ1) is 13.3. The van der Waals surface area contributed by atoms with Crippen LogP contribution in [0.2, 0.25) is 0 Å². The highest BCUT2D eigenvalue weighted by molar-refractivity contribution is 5.77. The SMILES string of the molecule is COCCCNC(=O)N1CC[C@@H](n2c(-c3ccoc3)nc3cccnc32)C1. The van der Waals surface area contributed by atoms with Crippen LogP contribution in [0.1, 0.15) is 18.9 Å². The van der Waals surface area contributed by atoms with Gasteiger partial charge in [0.1, 0.15) is 17.6 Å². The quantitative estimate of drug-likeness (QED) is 0.675. The van der Waals surface area contributed by atoms with E-state index in [1.807, 2.05) is 23.1 Å². The Balaban J connectivity index is 1.55. The number of nitrogens with one attached hydrogen (secondary N) is 1. The lowest BCUT2D eigenvalue weighted by Gasteiger charge is -2.19. The van der Waals surface area contributed by atoms with Gasteiger partial charge < -0.3 is 23.9 Å². The number of carbonyl (C=O) groups is 1. The third-order valence-corrected chi connectivity index (χ3v) is 4.85. The molecule has 8 nitrogen and oxygen atoms in total. The number of nitrogens with zero attached hydrogens (tertiary/aromatic N) is 4. The standard InChI is InChI=1S/C19H23N5O3/c1-26-10-3-8-21-19(25)23-9-5-15(12-23)24-17(14-6-11-27-13-14)22-16-4-2-7-20-18(16)24/h2,4,6-7,11,13,15H,3,5,8-10,12H2,1H3,(H,21,25)/t15-/m1/s1. The molecule has 3 aromatic rings. The van der Waals surface area contributed by atoms with E-state index in [-0.39, 0.29) is 12.1 Å². The van der Waals surface area contributed by atoms with Gasteiger partial charge in [-0.25, -0.2) is 14.8 Å². The summed E-state index contributed by atoms with van der Waals surface area (Å²) in [4.78, 5) is 23.6. The normalized spacial score (nSPS) is 16.9. The van der Waals surface area contributed by atoms with Gasteiger partial charge in [-0.15, -0.1) is 0 Å². The zero-order valence-corrected chi connectivity index (χ0v) is 15.3. The number of aromatic nitrogens is 3. The molecule has 3 aromatic heterocycles. The smallest absolute Gasteiger partial charge is 0.317 e. The second kappa shape index (κ2) is 7.79. The van der Waals surface area contributed by atoms with Gasteiger partial charge in [0.05, 0.1) is 17.9 Å². The van der Waals surface area contributed by atoms with Gasteiger partial charge in [-0.3, -0.25) is 0 Å². The second-order valence-corrected chi connectivity index (χ2v) is 6.63. The van der Waals surface area contributed by atoms with Gasteiger partial charge in [0.2, 0.25) is 0 Å². The van der Waals surface area contributed by atoms with Crippen molar-refractivity contribution < 1.29 is 13.9 Å². The number of rotatable bonds is 6. The molecule has 8 heteroatoms. The third-order valence-electron chi connectivity index (χ3n) is 4.85. The maximum atomic E-state index is 12.4. The number of fused-ring (bicyclic) bond motifs is 1. The van der Waals surface area contributed by atoms with E-state index in [2.05, 4.69) is 14.9 Å². The summed E-state index contributed by atoms with van der Waals surface area (Å²) in [5.41, 5.74) is 2.59. The molecule has 0 aliphatic carbocycles. The van der Waals surface area contributed by atoms with Crippen LogP contribution in [0.5, 0.6) is 0 Å². The van der Waals surface area contributed by atoms with Crippen molar-refractivity contribution in [2.75, 3.05) is 33.4 Å². The molecule has 142 valence electrons. The summed E-state index contributed by atoms with van der Waals surface area (Å²) >= 11 is 0. The summed E-state index contributed by atoms with van der Waals surface area (Å²) in [6.45, 7) is 2.59. The Labute approximate surface area is 157 Å². The van der Waals surface area contributed by atoms with Crippen LogP contribution in [0.25, 0.3) is 22.6 Å². The summed E-state index contributed by atoms with van der Waals surface area (Å²) in [6.07, 6.45) is 6.77. The molecule has 2 amide bonds. The number of furan rings is 1. The van der Waals surface area contributed by atoms with Gasteiger partial charge in [0.15, 0.2) is 5.65 Å². The Morgan fingerprint density at radius 3 is 3.19 bits per heavy atom. The molecule has 0 spiro atoms. The topological polar surface area (TPSA) is 85.4 Å². The van der Waals surface area contributed by atoms with Crippen LogP contribution in [0.3, 0.4) is 0 Å². The molecular weight excluding hydrogens is 346 g/mol. The van der Waals surface area contributed by atoms with Crippen LogP contribution in [0, 0.1) is 0 Å². The molecular formula is C19H23N5O3. The average Bonchev–Trinajstić information content (AvgIpc) is 3.43. The highest BCUT2D eigenvalue weighted by Gasteiger charge is 2.30. The molecule has 0 bridgehead atoms. The van der Waals surface area contributed by atoms with E-state index >= 15 is 0 Å². The summed E-state index contributed by atoms with van der Waals surface area (Å²) in [6, 6.07) is 5.83. The molecule has 27 heavy (non-hydrogen) atoms. The highest BCUT2D eigenvalue weighted by Crippen LogP contribution is 2.32. The molecule has 1 saturated heterocycles. The van der Waals surface area contributed by atoms with Crippen molar-refractivity contribution in [1.29, 1.82) is 0 Å². The number of imidazole rings is 1. The van der Waals surface area contributed by atoms with Crippen LogP contribution in [0.15, 0.2) is 41.3 Å². The molecule has 4 heterocycles. The summed E-state index contributed by atoms with van der Waals surface area (Å²) in [5.74, 6) is 0.824. The van der Waals surface area contributed by atoms with Crippen molar-refractivity contribution in [2.45, 2.75) is 18.9 Å². The lowest BCUT2D eigenvalue weighted by Crippen LogP contribution is -2.39. The molecule has 1 atom stereocenters. The Hall–Kier alpha value is -2.87. The van der Waals surface area contributed by atoms with Crippen molar-refractivity contribution in [3.8, 4) is 11.4 Å². The first kappa shape index (κ1) is 17.5. The monoisotopic (exact) mass is 369 g/mol. The largest absolute Gasteiger partial charge is 0.472 e. The van der Waals surface area contributed by atoms with E-state index in [9.17, 15) is 4.79 Å². The number of amides is 2. The van der Waals surface area contributed by atoms with Crippen LogP contribution in [-0.2, 0) is 4.74 Å². The average molecular weight is 369 g/mol. The number of carbonyl (C=O) groups excluding carboxylic acids is 1. The lowest BCUT2D eigenvalue weighted by molar-refractivity contribution is 0.188. The molecule has 1 aliphatic rings. The summed E-state index contributed by atoms with van der Waals surface area (Å²) < 4.78 is 12.4. The van der Waals surface area contributed by atoms with Gasteiger partial charge in [-0.1, -0.05) is 0 Å². The zero-order valence-electron chi connectivity index (χ0n) is 15.3. The lowest BCUT2D eigenvalue weighted by atomic mass is 10.2. The molecule has 1 fully saturated rings. The van der Waals surface area contributed by atoms with Gasteiger partial charge in [0, 0.05) is 39.5 Å². The number of urea groups is 1. The van der Waals surface area contributed by atoms with E-state index in [0.717, 1.165) is 35.4 Å². The van der Waals surface area contributed by atoms with E-state index in [0.29, 0.717) is 26.2 Å².